The zero-order chi connectivity index (χ0) is 34.4. The second-order valence-corrected chi connectivity index (χ2v) is 17.6. The Morgan fingerprint density at radius 2 is 1.63 bits per heavy atom. The van der Waals surface area contributed by atoms with Crippen LogP contribution in [0.2, 0.25) is 0 Å². The molecule has 4 aliphatic carbocycles. The molecule has 0 aromatic heterocycles. The van der Waals surface area contributed by atoms with E-state index in [0.717, 1.165) is 12.8 Å². The first-order chi connectivity index (χ1) is 21.2. The highest BCUT2D eigenvalue weighted by atomic mass is 16.7. The Morgan fingerprint density at radius 1 is 0.978 bits per heavy atom. The lowest BCUT2D eigenvalue weighted by atomic mass is 9.34. The number of rotatable bonds is 8. The number of aliphatic hydroxyl groups is 8. The molecule has 17 atom stereocenters. The predicted molar refractivity (Wildman–Crippen MR) is 171 cm³/mol. The summed E-state index contributed by atoms with van der Waals surface area (Å²) in [6.45, 7) is 17.8. The summed E-state index contributed by atoms with van der Waals surface area (Å²) in [4.78, 5) is 0. The number of hydrogen-bond acceptors (Lipinski definition) is 10. The van der Waals surface area contributed by atoms with Crippen LogP contribution in [0.25, 0.3) is 0 Å². The molecule has 5 rings (SSSR count). The molecular weight excluding hydrogens is 592 g/mol. The highest BCUT2D eigenvalue weighted by Crippen LogP contribution is 2.76. The van der Waals surface area contributed by atoms with Gasteiger partial charge in [0.1, 0.15) is 24.4 Å². The largest absolute Gasteiger partial charge is 0.394 e. The van der Waals surface area contributed by atoms with Gasteiger partial charge in [-0.05, 0) is 111 Å². The number of ether oxygens (including phenoxy) is 2. The summed E-state index contributed by atoms with van der Waals surface area (Å²) in [5, 5.41) is 87.8. The molecule has 0 bridgehead atoms. The van der Waals surface area contributed by atoms with E-state index in [1.54, 1.807) is 6.92 Å². The van der Waals surface area contributed by atoms with Crippen LogP contribution in [0.15, 0.2) is 12.2 Å². The van der Waals surface area contributed by atoms with Gasteiger partial charge in [-0.25, -0.2) is 0 Å². The molecule has 0 spiro atoms. The van der Waals surface area contributed by atoms with Crippen LogP contribution in [0.4, 0.5) is 0 Å². The normalized spacial score (nSPS) is 52.2. The second kappa shape index (κ2) is 12.3. The minimum Gasteiger partial charge on any atom is -0.394 e. The molecule has 10 nitrogen and oxygen atoms in total. The monoisotopic (exact) mass is 654 g/mol. The van der Waals surface area contributed by atoms with Crippen LogP contribution >= 0.6 is 0 Å². The quantitative estimate of drug-likeness (QED) is 0.143. The van der Waals surface area contributed by atoms with Crippen molar-refractivity contribution in [3.8, 4) is 0 Å². The molecule has 5 fully saturated rings. The maximum absolute atomic E-state index is 12.1. The summed E-state index contributed by atoms with van der Waals surface area (Å²) < 4.78 is 12.6. The Morgan fingerprint density at radius 3 is 2.24 bits per heavy atom. The van der Waals surface area contributed by atoms with Gasteiger partial charge in [0, 0.05) is 0 Å². The van der Waals surface area contributed by atoms with Crippen LogP contribution in [0.1, 0.15) is 99.8 Å². The van der Waals surface area contributed by atoms with E-state index in [-0.39, 0.29) is 34.5 Å². The molecule has 1 heterocycles. The third-order valence-electron chi connectivity index (χ3n) is 14.7. The van der Waals surface area contributed by atoms with Gasteiger partial charge in [-0.3, -0.25) is 0 Å². The number of hydrogen-bond donors (Lipinski definition) is 8. The van der Waals surface area contributed by atoms with Crippen molar-refractivity contribution < 1.29 is 50.3 Å². The fourth-order valence-corrected chi connectivity index (χ4v) is 12.0. The highest BCUT2D eigenvalue weighted by Gasteiger charge is 2.73. The SMILES string of the molecule is C=C(C)[C@H](O)CC[C@](C)(O)[C@H]1CC[C@]2(C)[C@@H]1[C@H](O[C@@H]1O[C@H](CO)[C@@H](O)[C@H](O)[C@H]1O)C[C@@H]1[C@@]3(C)CC[C@H](O)C(C)(C)[C@@H]3[C@@H](O)C[C@]12C. The first kappa shape index (κ1) is 36.6. The zero-order valence-corrected chi connectivity index (χ0v) is 29.0. The molecule has 266 valence electrons. The summed E-state index contributed by atoms with van der Waals surface area (Å²) >= 11 is 0. The third-order valence-corrected chi connectivity index (χ3v) is 14.7. The standard InChI is InChI=1S/C36H62O10/c1-18(2)20(38)10-14-36(8,44)19-9-13-34(6)26(19)22(45-31-29(43)28(42)27(41)23(17-37)46-31)15-24-33(5)12-11-25(40)32(3,4)30(33)21(39)16-35(24,34)7/h19-31,37-44H,1,9-17H2,2-8H3/t19-,20+,21-,22+,23+,24+,25-,26-,27+,28-,29+,30-,31+,33+,34+,35+,36-/m0/s1. The van der Waals surface area contributed by atoms with Crippen molar-refractivity contribution in [3.63, 3.8) is 0 Å². The molecule has 5 aliphatic rings. The van der Waals surface area contributed by atoms with E-state index in [0.29, 0.717) is 44.1 Å². The van der Waals surface area contributed by atoms with Crippen LogP contribution in [0, 0.1) is 45.3 Å². The molecule has 0 unspecified atom stereocenters. The van der Waals surface area contributed by atoms with Crippen LogP contribution in [-0.4, -0.2) is 108 Å². The summed E-state index contributed by atoms with van der Waals surface area (Å²) in [6, 6.07) is 0. The van der Waals surface area contributed by atoms with Gasteiger partial charge in [-0.1, -0.05) is 46.8 Å². The van der Waals surface area contributed by atoms with Crippen LogP contribution in [0.3, 0.4) is 0 Å². The lowest BCUT2D eigenvalue weighted by Crippen LogP contribution is -2.70. The lowest BCUT2D eigenvalue weighted by Gasteiger charge is -2.71. The van der Waals surface area contributed by atoms with Crippen LogP contribution < -0.4 is 0 Å². The van der Waals surface area contributed by atoms with E-state index in [1.807, 2.05) is 6.92 Å². The van der Waals surface area contributed by atoms with Gasteiger partial charge in [0.05, 0.1) is 36.6 Å². The van der Waals surface area contributed by atoms with Crippen molar-refractivity contribution in [2.75, 3.05) is 6.61 Å². The number of fused-ring (bicyclic) bond motifs is 5. The van der Waals surface area contributed by atoms with Gasteiger partial charge in [0.2, 0.25) is 0 Å². The zero-order valence-electron chi connectivity index (χ0n) is 29.0. The van der Waals surface area contributed by atoms with Crippen LogP contribution in [0.5, 0.6) is 0 Å². The van der Waals surface area contributed by atoms with Crippen molar-refractivity contribution in [2.24, 2.45) is 45.3 Å². The molecular formula is C36H62O10. The number of aliphatic hydroxyl groups excluding tert-OH is 7. The minimum atomic E-state index is -1.57. The smallest absolute Gasteiger partial charge is 0.186 e. The first-order valence-corrected chi connectivity index (χ1v) is 17.6. The maximum Gasteiger partial charge on any atom is 0.186 e. The molecule has 1 aliphatic heterocycles. The molecule has 46 heavy (non-hydrogen) atoms. The van der Waals surface area contributed by atoms with Crippen molar-refractivity contribution in [2.45, 2.75) is 161 Å². The second-order valence-electron chi connectivity index (χ2n) is 17.6. The van der Waals surface area contributed by atoms with Crippen molar-refractivity contribution in [3.05, 3.63) is 12.2 Å². The summed E-state index contributed by atoms with van der Waals surface area (Å²) in [5.74, 6) is -0.563. The summed E-state index contributed by atoms with van der Waals surface area (Å²) in [5.41, 5.74) is -2.14. The van der Waals surface area contributed by atoms with E-state index >= 15 is 0 Å². The average Bonchev–Trinajstić information content (AvgIpc) is 3.35. The molecule has 0 amide bonds. The van der Waals surface area contributed by atoms with Gasteiger partial charge in [0.25, 0.3) is 0 Å². The Hall–Kier alpha value is -0.660. The Balaban J connectivity index is 1.57. The molecule has 0 radical (unpaired) electrons. The first-order valence-electron chi connectivity index (χ1n) is 17.6. The van der Waals surface area contributed by atoms with Crippen LogP contribution in [-0.2, 0) is 9.47 Å². The predicted octanol–water partition coefficient (Wildman–Crippen LogP) is 2.27. The third kappa shape index (κ3) is 5.46. The van der Waals surface area contributed by atoms with E-state index < -0.39 is 78.2 Å². The van der Waals surface area contributed by atoms with Crippen molar-refractivity contribution in [1.29, 1.82) is 0 Å². The molecule has 4 saturated carbocycles. The van der Waals surface area contributed by atoms with Crippen molar-refractivity contribution in [1.82, 2.24) is 0 Å². The Labute approximate surface area is 274 Å². The van der Waals surface area contributed by atoms with Crippen molar-refractivity contribution >= 4 is 0 Å². The average molecular weight is 655 g/mol. The summed E-state index contributed by atoms with van der Waals surface area (Å²) in [7, 11) is 0. The van der Waals surface area contributed by atoms with E-state index in [1.165, 1.54) is 0 Å². The Kier molecular flexibility index (Phi) is 9.78. The van der Waals surface area contributed by atoms with Gasteiger partial charge >= 0.3 is 0 Å². The fraction of sp³-hybridized carbons (Fsp3) is 0.944. The molecule has 1 saturated heterocycles. The van der Waals surface area contributed by atoms with E-state index in [9.17, 15) is 40.9 Å². The topological polar surface area (TPSA) is 180 Å². The molecule has 10 heteroatoms. The van der Waals surface area contributed by atoms with Gasteiger partial charge < -0.3 is 50.3 Å². The minimum absolute atomic E-state index is 0.0604. The molecule has 0 aromatic rings. The highest BCUT2D eigenvalue weighted by molar-refractivity contribution is 5.22. The van der Waals surface area contributed by atoms with Gasteiger partial charge in [0.15, 0.2) is 6.29 Å². The van der Waals surface area contributed by atoms with E-state index in [4.69, 9.17) is 9.47 Å². The lowest BCUT2D eigenvalue weighted by molar-refractivity contribution is -0.339. The maximum atomic E-state index is 12.1. The van der Waals surface area contributed by atoms with E-state index in [2.05, 4.69) is 41.2 Å². The molecule has 0 aromatic carbocycles. The van der Waals surface area contributed by atoms with Gasteiger partial charge in [-0.15, -0.1) is 0 Å². The fourth-order valence-electron chi connectivity index (χ4n) is 12.0. The van der Waals surface area contributed by atoms with Gasteiger partial charge in [-0.2, -0.15) is 0 Å². The summed E-state index contributed by atoms with van der Waals surface area (Å²) in [6.07, 6.45) is -4.81. The Bertz CT molecular complexity index is 1130. The molecule has 8 N–H and O–H groups in total.